The Hall–Kier alpha value is -3.16. The normalized spacial score (nSPS) is 11.6. The van der Waals surface area contributed by atoms with Gasteiger partial charge in [0.25, 0.3) is 0 Å². The number of fused-ring (bicyclic) bond motifs is 1. The number of halogens is 2. The molecular formula is C24H19ClFNO4S. The Bertz CT molecular complexity index is 1450. The summed E-state index contributed by atoms with van der Waals surface area (Å²) in [4.78, 5) is 12.9. The van der Waals surface area contributed by atoms with Crippen molar-refractivity contribution in [1.29, 1.82) is 0 Å². The molecule has 0 amide bonds. The van der Waals surface area contributed by atoms with Crippen LogP contribution in [-0.4, -0.2) is 19.6 Å². The molecule has 0 spiro atoms. The molecule has 0 bridgehead atoms. The molecule has 4 rings (SSSR count). The molecule has 164 valence electrons. The highest BCUT2D eigenvalue weighted by Gasteiger charge is 2.24. The minimum atomic E-state index is -4.12. The van der Waals surface area contributed by atoms with Gasteiger partial charge in [0, 0.05) is 17.8 Å². The molecule has 0 aliphatic carbocycles. The fourth-order valence-corrected chi connectivity index (χ4v) is 4.95. The number of ether oxygens (including phenoxy) is 1. The second-order valence-electron chi connectivity index (χ2n) is 7.15. The maximum Gasteiger partial charge on any atom is 0.211 e. The van der Waals surface area contributed by atoms with Crippen molar-refractivity contribution in [3.05, 3.63) is 99.6 Å². The van der Waals surface area contributed by atoms with Crippen LogP contribution in [0.4, 0.5) is 4.39 Å². The van der Waals surface area contributed by atoms with E-state index < -0.39 is 15.3 Å². The summed E-state index contributed by atoms with van der Waals surface area (Å²) >= 11 is 5.89. The van der Waals surface area contributed by atoms with Gasteiger partial charge in [-0.2, -0.15) is 0 Å². The van der Waals surface area contributed by atoms with Crippen molar-refractivity contribution >= 4 is 32.3 Å². The van der Waals surface area contributed by atoms with Gasteiger partial charge in [-0.15, -0.1) is 0 Å². The molecule has 0 aliphatic rings. The first-order chi connectivity index (χ1) is 15.3. The SMILES string of the molecule is CCOc1ccc2c(c1)c(=O)c(S(=O)(=O)c1ccc(Cl)cc1)cn2Cc1ccc(F)cc1. The first-order valence-corrected chi connectivity index (χ1v) is 11.7. The van der Waals surface area contributed by atoms with Crippen molar-refractivity contribution in [2.75, 3.05) is 6.61 Å². The van der Waals surface area contributed by atoms with Crippen molar-refractivity contribution in [2.24, 2.45) is 0 Å². The number of hydrogen-bond acceptors (Lipinski definition) is 4. The largest absolute Gasteiger partial charge is 0.494 e. The van der Waals surface area contributed by atoms with Crippen LogP contribution in [0.3, 0.4) is 0 Å². The number of hydrogen-bond donors (Lipinski definition) is 0. The van der Waals surface area contributed by atoms with Crippen molar-refractivity contribution in [2.45, 2.75) is 23.3 Å². The van der Waals surface area contributed by atoms with E-state index in [4.69, 9.17) is 16.3 Å². The fourth-order valence-electron chi connectivity index (χ4n) is 3.46. The van der Waals surface area contributed by atoms with Crippen LogP contribution in [0.1, 0.15) is 12.5 Å². The standard InChI is InChI=1S/C24H19ClFNO4S/c1-2-31-19-9-12-22-21(13-19)24(28)23(32(29,30)20-10-5-17(25)6-11-20)15-27(22)14-16-3-7-18(26)8-4-16/h3-13,15H,2,14H2,1H3. The first kappa shape index (κ1) is 22.0. The third kappa shape index (κ3) is 4.26. The molecular weight excluding hydrogens is 453 g/mol. The zero-order valence-electron chi connectivity index (χ0n) is 17.1. The average Bonchev–Trinajstić information content (AvgIpc) is 2.77. The van der Waals surface area contributed by atoms with Crippen LogP contribution in [0.25, 0.3) is 10.9 Å². The summed E-state index contributed by atoms with van der Waals surface area (Å²) in [6, 6.07) is 16.5. The van der Waals surface area contributed by atoms with E-state index in [0.29, 0.717) is 22.9 Å². The van der Waals surface area contributed by atoms with Gasteiger partial charge in [-0.1, -0.05) is 23.7 Å². The highest BCUT2D eigenvalue weighted by Crippen LogP contribution is 2.25. The Morgan fingerprint density at radius 1 is 1.00 bits per heavy atom. The van der Waals surface area contributed by atoms with E-state index in [2.05, 4.69) is 0 Å². The summed E-state index contributed by atoms with van der Waals surface area (Å²) in [5.74, 6) is 0.0948. The first-order valence-electron chi connectivity index (χ1n) is 9.84. The third-order valence-electron chi connectivity index (χ3n) is 5.01. The minimum absolute atomic E-state index is 0.0346. The van der Waals surface area contributed by atoms with Gasteiger partial charge < -0.3 is 9.30 Å². The van der Waals surface area contributed by atoms with Crippen LogP contribution in [0.15, 0.2) is 87.5 Å². The summed E-state index contributed by atoms with van der Waals surface area (Å²) in [7, 11) is -4.12. The molecule has 3 aromatic carbocycles. The second-order valence-corrected chi connectivity index (χ2v) is 9.50. The van der Waals surface area contributed by atoms with Crippen LogP contribution in [0.2, 0.25) is 5.02 Å². The van der Waals surface area contributed by atoms with E-state index in [-0.39, 0.29) is 27.5 Å². The van der Waals surface area contributed by atoms with Gasteiger partial charge in [0.15, 0.2) is 0 Å². The topological polar surface area (TPSA) is 65.4 Å². The maximum absolute atomic E-state index is 13.3. The summed E-state index contributed by atoms with van der Waals surface area (Å²) in [6.07, 6.45) is 1.33. The Balaban J connectivity index is 1.95. The maximum atomic E-state index is 13.3. The van der Waals surface area contributed by atoms with E-state index in [1.54, 1.807) is 34.9 Å². The predicted octanol–water partition coefficient (Wildman–Crippen LogP) is 5.07. The molecule has 0 fully saturated rings. The van der Waals surface area contributed by atoms with Gasteiger partial charge in [0.1, 0.15) is 16.5 Å². The zero-order valence-corrected chi connectivity index (χ0v) is 18.7. The van der Waals surface area contributed by atoms with Crippen molar-refractivity contribution in [3.63, 3.8) is 0 Å². The van der Waals surface area contributed by atoms with Crippen LogP contribution < -0.4 is 10.2 Å². The Morgan fingerprint density at radius 2 is 1.69 bits per heavy atom. The van der Waals surface area contributed by atoms with E-state index >= 15 is 0 Å². The number of benzene rings is 3. The van der Waals surface area contributed by atoms with E-state index in [9.17, 15) is 17.6 Å². The van der Waals surface area contributed by atoms with Gasteiger partial charge in [-0.05, 0) is 67.1 Å². The van der Waals surface area contributed by atoms with Crippen LogP contribution in [-0.2, 0) is 16.4 Å². The quantitative estimate of drug-likeness (QED) is 0.393. The Kier molecular flexibility index (Phi) is 6.04. The molecule has 0 unspecified atom stereocenters. The Labute approximate surface area is 189 Å². The van der Waals surface area contributed by atoms with Gasteiger partial charge in [-0.25, -0.2) is 12.8 Å². The number of pyridine rings is 1. The number of sulfone groups is 1. The van der Waals surface area contributed by atoms with E-state index in [0.717, 1.165) is 5.56 Å². The highest BCUT2D eigenvalue weighted by molar-refractivity contribution is 7.91. The molecule has 0 saturated carbocycles. The van der Waals surface area contributed by atoms with Crippen molar-refractivity contribution in [3.8, 4) is 5.75 Å². The predicted molar refractivity (Wildman–Crippen MR) is 122 cm³/mol. The zero-order chi connectivity index (χ0) is 22.9. The summed E-state index contributed by atoms with van der Waals surface area (Å²) in [5.41, 5.74) is 0.671. The smallest absolute Gasteiger partial charge is 0.211 e. The lowest BCUT2D eigenvalue weighted by Crippen LogP contribution is -2.19. The molecule has 0 N–H and O–H groups in total. The average molecular weight is 472 g/mol. The summed E-state index contributed by atoms with van der Waals surface area (Å²) in [6.45, 7) is 2.46. The van der Waals surface area contributed by atoms with Gasteiger partial charge in [-0.3, -0.25) is 4.79 Å². The molecule has 1 heterocycles. The number of aromatic nitrogens is 1. The van der Waals surface area contributed by atoms with E-state index in [1.165, 1.54) is 42.6 Å². The lowest BCUT2D eigenvalue weighted by molar-refractivity contribution is 0.340. The van der Waals surface area contributed by atoms with E-state index in [1.807, 2.05) is 6.92 Å². The molecule has 32 heavy (non-hydrogen) atoms. The van der Waals surface area contributed by atoms with Gasteiger partial charge in [0.05, 0.1) is 22.4 Å². The Morgan fingerprint density at radius 3 is 2.34 bits per heavy atom. The van der Waals surface area contributed by atoms with Crippen LogP contribution in [0, 0.1) is 5.82 Å². The molecule has 4 aromatic rings. The monoisotopic (exact) mass is 471 g/mol. The third-order valence-corrected chi connectivity index (χ3v) is 7.02. The van der Waals surface area contributed by atoms with Crippen molar-refractivity contribution in [1.82, 2.24) is 4.57 Å². The van der Waals surface area contributed by atoms with Crippen LogP contribution >= 0.6 is 11.6 Å². The molecule has 0 atom stereocenters. The highest BCUT2D eigenvalue weighted by atomic mass is 35.5. The molecule has 1 aromatic heterocycles. The lowest BCUT2D eigenvalue weighted by atomic mass is 10.1. The summed E-state index contributed by atoms with van der Waals surface area (Å²) < 4.78 is 47.2. The molecule has 8 heteroatoms. The lowest BCUT2D eigenvalue weighted by Gasteiger charge is -2.15. The van der Waals surface area contributed by atoms with Crippen molar-refractivity contribution < 1.29 is 17.5 Å². The molecule has 0 saturated heterocycles. The number of rotatable bonds is 6. The molecule has 5 nitrogen and oxygen atoms in total. The molecule has 0 radical (unpaired) electrons. The fraction of sp³-hybridized carbons (Fsp3) is 0.125. The molecule has 0 aliphatic heterocycles. The second kappa shape index (κ2) is 8.76. The van der Waals surface area contributed by atoms with Crippen LogP contribution in [0.5, 0.6) is 5.75 Å². The van der Waals surface area contributed by atoms with Gasteiger partial charge >= 0.3 is 0 Å². The van der Waals surface area contributed by atoms with Gasteiger partial charge in [0.2, 0.25) is 15.3 Å². The number of nitrogens with zero attached hydrogens (tertiary/aromatic N) is 1. The summed E-state index contributed by atoms with van der Waals surface area (Å²) in [5, 5.41) is 0.602. The minimum Gasteiger partial charge on any atom is -0.494 e.